The van der Waals surface area contributed by atoms with Crippen LogP contribution in [0.2, 0.25) is 0 Å². The summed E-state index contributed by atoms with van der Waals surface area (Å²) in [6.07, 6.45) is 1.53. The molecule has 1 N–H and O–H groups in total. The van der Waals surface area contributed by atoms with Gasteiger partial charge in [-0.15, -0.1) is 0 Å². The fourth-order valence-electron chi connectivity index (χ4n) is 1.84. The van der Waals surface area contributed by atoms with Gasteiger partial charge in [0.05, 0.1) is 11.8 Å². The summed E-state index contributed by atoms with van der Waals surface area (Å²) in [5.74, 6) is -3.25. The number of carbonyl (C=O) groups excluding carboxylic acids is 2. The van der Waals surface area contributed by atoms with Gasteiger partial charge in [0.2, 0.25) is 0 Å². The molecule has 0 aliphatic rings. The quantitative estimate of drug-likeness (QED) is 0.858. The van der Waals surface area contributed by atoms with Crippen LogP contribution in [-0.2, 0) is 9.53 Å². The Bertz CT molecular complexity index is 729. The van der Waals surface area contributed by atoms with E-state index in [2.05, 4.69) is 10.4 Å². The minimum Gasteiger partial charge on any atom is -0.452 e. The average Bonchev–Trinajstić information content (AvgIpc) is 2.96. The predicted molar refractivity (Wildman–Crippen MR) is 77.9 cm³/mol. The number of nitrogens with one attached hydrogen (secondary N) is 1. The maximum Gasteiger partial charge on any atom is 0.338 e. The first-order valence-electron chi connectivity index (χ1n) is 6.84. The van der Waals surface area contributed by atoms with Gasteiger partial charge in [-0.2, -0.15) is 5.10 Å². The number of benzene rings is 1. The second-order valence-corrected chi connectivity index (χ2v) is 5.01. The monoisotopic (exact) mass is 323 g/mol. The number of esters is 1. The van der Waals surface area contributed by atoms with Crippen LogP contribution in [0.15, 0.2) is 30.5 Å². The van der Waals surface area contributed by atoms with Gasteiger partial charge in [0, 0.05) is 12.1 Å². The molecule has 1 aromatic heterocycles. The van der Waals surface area contributed by atoms with Gasteiger partial charge in [0.15, 0.2) is 18.2 Å². The SMILES string of the molecule is CC(C)n1nccc1NC(=O)COC(=O)c1ccc(F)c(F)c1. The van der Waals surface area contributed by atoms with Crippen LogP contribution < -0.4 is 5.32 Å². The molecule has 8 heteroatoms. The summed E-state index contributed by atoms with van der Waals surface area (Å²) in [7, 11) is 0. The van der Waals surface area contributed by atoms with E-state index in [9.17, 15) is 18.4 Å². The van der Waals surface area contributed by atoms with Gasteiger partial charge in [-0.05, 0) is 32.0 Å². The third-order valence-corrected chi connectivity index (χ3v) is 2.92. The van der Waals surface area contributed by atoms with Crippen LogP contribution in [0.5, 0.6) is 0 Å². The van der Waals surface area contributed by atoms with E-state index in [0.29, 0.717) is 11.9 Å². The summed E-state index contributed by atoms with van der Waals surface area (Å²) in [5.41, 5.74) is -0.177. The van der Waals surface area contributed by atoms with Gasteiger partial charge in [0.25, 0.3) is 5.91 Å². The zero-order valence-corrected chi connectivity index (χ0v) is 12.5. The first-order chi connectivity index (χ1) is 10.9. The lowest BCUT2D eigenvalue weighted by Gasteiger charge is -2.11. The number of amides is 1. The first kappa shape index (κ1) is 16.6. The summed E-state index contributed by atoms with van der Waals surface area (Å²) < 4.78 is 32.2. The number of rotatable bonds is 5. The molecule has 23 heavy (non-hydrogen) atoms. The van der Waals surface area contributed by atoms with Crippen LogP contribution in [0.1, 0.15) is 30.2 Å². The maximum atomic E-state index is 13.0. The van der Waals surface area contributed by atoms with Crippen molar-refractivity contribution >= 4 is 17.7 Å². The minimum atomic E-state index is -1.16. The van der Waals surface area contributed by atoms with Gasteiger partial charge in [-0.3, -0.25) is 4.79 Å². The highest BCUT2D eigenvalue weighted by Gasteiger charge is 2.14. The minimum absolute atomic E-state index is 0.0463. The molecule has 0 atom stereocenters. The normalized spacial score (nSPS) is 10.7. The maximum absolute atomic E-state index is 13.0. The smallest absolute Gasteiger partial charge is 0.338 e. The highest BCUT2D eigenvalue weighted by atomic mass is 19.2. The van der Waals surface area contributed by atoms with E-state index in [-0.39, 0.29) is 11.6 Å². The average molecular weight is 323 g/mol. The summed E-state index contributed by atoms with van der Waals surface area (Å²) in [6.45, 7) is 3.23. The number of hydrogen-bond acceptors (Lipinski definition) is 4. The highest BCUT2D eigenvalue weighted by molar-refractivity contribution is 5.95. The lowest BCUT2D eigenvalue weighted by atomic mass is 10.2. The fourth-order valence-corrected chi connectivity index (χ4v) is 1.84. The van der Waals surface area contributed by atoms with Crippen LogP contribution in [0, 0.1) is 11.6 Å². The van der Waals surface area contributed by atoms with E-state index in [1.165, 1.54) is 6.20 Å². The molecule has 0 saturated heterocycles. The molecule has 2 aromatic rings. The summed E-state index contributed by atoms with van der Waals surface area (Å²) in [6, 6.07) is 4.25. The Morgan fingerprint density at radius 2 is 2.00 bits per heavy atom. The standard InChI is InChI=1S/C15H15F2N3O3/c1-9(2)20-13(5-6-18-20)19-14(21)8-23-15(22)10-3-4-11(16)12(17)7-10/h3-7,9H,8H2,1-2H3,(H,19,21). The van der Waals surface area contributed by atoms with Gasteiger partial charge in [-0.1, -0.05) is 0 Å². The number of anilines is 1. The third kappa shape index (κ3) is 4.12. The zero-order chi connectivity index (χ0) is 17.0. The van der Waals surface area contributed by atoms with E-state index in [4.69, 9.17) is 4.74 Å². The van der Waals surface area contributed by atoms with E-state index in [1.807, 2.05) is 13.8 Å². The molecule has 1 aromatic carbocycles. The molecule has 0 radical (unpaired) electrons. The number of nitrogens with zero attached hydrogens (tertiary/aromatic N) is 2. The van der Waals surface area contributed by atoms with Gasteiger partial charge in [0.1, 0.15) is 5.82 Å². The Hall–Kier alpha value is -2.77. The molecule has 0 spiro atoms. The Kier molecular flexibility index (Phi) is 5.05. The highest BCUT2D eigenvalue weighted by Crippen LogP contribution is 2.13. The molecule has 0 unspecified atom stereocenters. The second-order valence-electron chi connectivity index (χ2n) is 5.01. The van der Waals surface area contributed by atoms with Gasteiger partial charge < -0.3 is 10.1 Å². The lowest BCUT2D eigenvalue weighted by molar-refractivity contribution is -0.119. The largest absolute Gasteiger partial charge is 0.452 e. The summed E-state index contributed by atoms with van der Waals surface area (Å²) in [5, 5.41) is 6.60. The molecule has 6 nitrogen and oxygen atoms in total. The molecular weight excluding hydrogens is 308 g/mol. The molecule has 0 saturated carbocycles. The predicted octanol–water partition coefficient (Wildman–Crippen LogP) is 2.54. The third-order valence-electron chi connectivity index (χ3n) is 2.92. The molecule has 0 aliphatic carbocycles. The molecule has 0 bridgehead atoms. The second kappa shape index (κ2) is 6.99. The molecule has 122 valence electrons. The van der Waals surface area contributed by atoms with Crippen molar-refractivity contribution in [3.8, 4) is 0 Å². The van der Waals surface area contributed by atoms with Crippen molar-refractivity contribution in [1.82, 2.24) is 9.78 Å². The van der Waals surface area contributed by atoms with Crippen molar-refractivity contribution in [3.63, 3.8) is 0 Å². The van der Waals surface area contributed by atoms with E-state index < -0.39 is 30.1 Å². The first-order valence-corrected chi connectivity index (χ1v) is 6.84. The Labute approximate surface area is 131 Å². The number of hydrogen-bond donors (Lipinski definition) is 1. The molecular formula is C15H15F2N3O3. The van der Waals surface area contributed by atoms with Gasteiger partial charge >= 0.3 is 5.97 Å². The van der Waals surface area contributed by atoms with E-state index >= 15 is 0 Å². The van der Waals surface area contributed by atoms with Crippen molar-refractivity contribution < 1.29 is 23.1 Å². The molecule has 2 rings (SSSR count). The molecule has 0 fully saturated rings. The van der Waals surface area contributed by atoms with Crippen molar-refractivity contribution in [3.05, 3.63) is 47.7 Å². The van der Waals surface area contributed by atoms with Crippen LogP contribution in [-0.4, -0.2) is 28.3 Å². The number of carbonyl (C=O) groups is 2. The van der Waals surface area contributed by atoms with E-state index in [1.54, 1.807) is 10.7 Å². The Balaban J connectivity index is 1.92. The molecule has 1 heterocycles. The number of ether oxygens (including phenoxy) is 1. The van der Waals surface area contributed by atoms with Crippen LogP contribution >= 0.6 is 0 Å². The lowest BCUT2D eigenvalue weighted by Crippen LogP contribution is -2.23. The topological polar surface area (TPSA) is 73.2 Å². The Morgan fingerprint density at radius 3 is 2.65 bits per heavy atom. The van der Waals surface area contributed by atoms with Crippen molar-refractivity contribution in [2.45, 2.75) is 19.9 Å². The Morgan fingerprint density at radius 1 is 1.26 bits per heavy atom. The number of halogens is 2. The summed E-state index contributed by atoms with van der Waals surface area (Å²) in [4.78, 5) is 23.5. The molecule has 1 amide bonds. The molecule has 0 aliphatic heterocycles. The van der Waals surface area contributed by atoms with Crippen LogP contribution in [0.25, 0.3) is 0 Å². The van der Waals surface area contributed by atoms with Crippen molar-refractivity contribution in [2.75, 3.05) is 11.9 Å². The van der Waals surface area contributed by atoms with E-state index in [0.717, 1.165) is 12.1 Å². The fraction of sp³-hybridized carbons (Fsp3) is 0.267. The zero-order valence-electron chi connectivity index (χ0n) is 12.5. The van der Waals surface area contributed by atoms with Gasteiger partial charge in [-0.25, -0.2) is 18.3 Å². The summed E-state index contributed by atoms with van der Waals surface area (Å²) >= 11 is 0. The number of aromatic nitrogens is 2. The van der Waals surface area contributed by atoms with Crippen molar-refractivity contribution in [1.29, 1.82) is 0 Å². The van der Waals surface area contributed by atoms with Crippen molar-refractivity contribution in [2.24, 2.45) is 0 Å². The van der Waals surface area contributed by atoms with Crippen LogP contribution in [0.3, 0.4) is 0 Å². The van der Waals surface area contributed by atoms with Crippen LogP contribution in [0.4, 0.5) is 14.6 Å².